The number of hydrogen-bond donors (Lipinski definition) is 1. The molecule has 2 aromatic carbocycles. The lowest BCUT2D eigenvalue weighted by Crippen LogP contribution is -2.31. The molecule has 0 spiro atoms. The zero-order chi connectivity index (χ0) is 21.0. The second kappa shape index (κ2) is 9.03. The Bertz CT molecular complexity index is 1010. The predicted molar refractivity (Wildman–Crippen MR) is 114 cm³/mol. The van der Waals surface area contributed by atoms with E-state index in [1.807, 2.05) is 30.3 Å². The molecular formula is C21H18ClN3O3S. The monoisotopic (exact) mass is 427 g/mol. The molecule has 1 aliphatic rings. The Balaban J connectivity index is 2.03. The van der Waals surface area contributed by atoms with E-state index < -0.39 is 11.2 Å². The summed E-state index contributed by atoms with van der Waals surface area (Å²) in [5.41, 5.74) is 1.26. The Morgan fingerprint density at radius 3 is 2.55 bits per heavy atom. The summed E-state index contributed by atoms with van der Waals surface area (Å²) in [6.07, 6.45) is 0.435. The van der Waals surface area contributed by atoms with Gasteiger partial charge in [-0.1, -0.05) is 47.6 Å². The molecule has 3 rings (SSSR count). The Kier molecular flexibility index (Phi) is 6.47. The number of nitriles is 1. The first-order valence-corrected chi connectivity index (χ1v) is 10.0. The molecule has 0 bridgehead atoms. The summed E-state index contributed by atoms with van der Waals surface area (Å²) in [5.74, 6) is -0.0562. The van der Waals surface area contributed by atoms with Crippen LogP contribution in [0, 0.1) is 11.3 Å². The Morgan fingerprint density at radius 2 is 1.97 bits per heavy atom. The molecule has 1 aliphatic heterocycles. The van der Waals surface area contributed by atoms with E-state index in [4.69, 9.17) is 16.3 Å². The van der Waals surface area contributed by atoms with E-state index in [9.17, 15) is 14.9 Å². The number of thioether (sulfide) groups is 1. The zero-order valence-corrected chi connectivity index (χ0v) is 17.4. The van der Waals surface area contributed by atoms with Gasteiger partial charge in [-0.15, -0.1) is 0 Å². The molecular weight excluding hydrogens is 410 g/mol. The maximum absolute atomic E-state index is 13.3. The highest BCUT2D eigenvalue weighted by molar-refractivity contribution is 8.05. The Hall–Kier alpha value is -2.95. The molecule has 1 fully saturated rings. The number of carbonyl (C=O) groups excluding carboxylic acids is 2. The third-order valence-corrected chi connectivity index (χ3v) is 5.99. The van der Waals surface area contributed by atoms with Crippen LogP contribution in [0.3, 0.4) is 0 Å². The van der Waals surface area contributed by atoms with Gasteiger partial charge in [0, 0.05) is 7.05 Å². The molecule has 1 saturated heterocycles. The number of carbonyl (C=O) groups is 2. The number of nitrogens with one attached hydrogen (secondary N) is 1. The van der Waals surface area contributed by atoms with Gasteiger partial charge >= 0.3 is 0 Å². The lowest BCUT2D eigenvalue weighted by atomic mass is 10.1. The molecule has 0 saturated carbocycles. The van der Waals surface area contributed by atoms with E-state index in [0.29, 0.717) is 17.1 Å². The molecule has 2 aromatic rings. The van der Waals surface area contributed by atoms with Gasteiger partial charge in [0.25, 0.3) is 5.91 Å². The van der Waals surface area contributed by atoms with Crippen LogP contribution in [0.2, 0.25) is 5.02 Å². The largest absolute Gasteiger partial charge is 0.497 e. The van der Waals surface area contributed by atoms with E-state index in [2.05, 4.69) is 5.32 Å². The number of methoxy groups -OCH3 is 1. The first-order valence-electron chi connectivity index (χ1n) is 8.74. The minimum Gasteiger partial charge on any atom is -0.497 e. The van der Waals surface area contributed by atoms with Crippen molar-refractivity contribution in [2.45, 2.75) is 11.7 Å². The molecule has 6 nitrogen and oxygen atoms in total. The van der Waals surface area contributed by atoms with Crippen molar-refractivity contribution in [3.8, 4) is 11.8 Å². The van der Waals surface area contributed by atoms with Crippen LogP contribution in [0.5, 0.6) is 5.75 Å². The third-order valence-electron chi connectivity index (χ3n) is 4.41. The van der Waals surface area contributed by atoms with Gasteiger partial charge < -0.3 is 10.1 Å². The molecule has 0 radical (unpaired) electrons. The van der Waals surface area contributed by atoms with Crippen molar-refractivity contribution in [1.29, 1.82) is 5.26 Å². The van der Waals surface area contributed by atoms with Crippen LogP contribution in [-0.2, 0) is 16.0 Å². The number of halogens is 1. The molecule has 2 amide bonds. The van der Waals surface area contributed by atoms with Gasteiger partial charge in [0.1, 0.15) is 22.4 Å². The van der Waals surface area contributed by atoms with Gasteiger partial charge in [0.15, 0.2) is 0 Å². The standard InChI is InChI=1S/C21H18ClN3O3S/c1-24-19(26)15(12-23)21-25(17-6-4-3-5-16(17)22)20(27)18(29-21)11-13-7-9-14(28-2)10-8-13/h3-10,18H,11H2,1-2H3,(H,24,26)/b21-15+/t18-/m0/s1. The summed E-state index contributed by atoms with van der Waals surface area (Å²) in [7, 11) is 3.03. The average molecular weight is 428 g/mol. The summed E-state index contributed by atoms with van der Waals surface area (Å²) >= 11 is 7.51. The molecule has 0 aromatic heterocycles. The van der Waals surface area contributed by atoms with E-state index in [1.54, 1.807) is 31.4 Å². The highest BCUT2D eigenvalue weighted by Crippen LogP contribution is 2.43. The first-order chi connectivity index (χ1) is 14.0. The quantitative estimate of drug-likeness (QED) is 0.583. The number of rotatable bonds is 5. The van der Waals surface area contributed by atoms with Gasteiger partial charge in [-0.05, 0) is 36.2 Å². The number of nitrogens with zero attached hydrogens (tertiary/aromatic N) is 2. The van der Waals surface area contributed by atoms with E-state index in [0.717, 1.165) is 11.3 Å². The van der Waals surface area contributed by atoms with E-state index in [-0.39, 0.29) is 16.5 Å². The number of ether oxygens (including phenoxy) is 1. The van der Waals surface area contributed by atoms with Crippen molar-refractivity contribution in [2.75, 3.05) is 19.1 Å². The van der Waals surface area contributed by atoms with Gasteiger partial charge in [-0.2, -0.15) is 5.26 Å². The number of likely N-dealkylation sites (N-methyl/N-ethyl adjacent to an activating group) is 1. The SMILES string of the molecule is CNC(=O)/C(C#N)=C1/S[C@@H](Cc2ccc(OC)cc2)C(=O)N1c1ccccc1Cl. The number of para-hydroxylation sites is 1. The summed E-state index contributed by atoms with van der Waals surface area (Å²) in [6.45, 7) is 0. The summed E-state index contributed by atoms with van der Waals surface area (Å²) in [4.78, 5) is 26.9. The lowest BCUT2D eigenvalue weighted by Gasteiger charge is -2.19. The van der Waals surface area contributed by atoms with Gasteiger partial charge in [0.05, 0.1) is 23.1 Å². The normalized spacial score (nSPS) is 17.7. The summed E-state index contributed by atoms with van der Waals surface area (Å²) in [5, 5.41) is 12.2. The van der Waals surface area contributed by atoms with Crippen LogP contribution < -0.4 is 15.0 Å². The average Bonchev–Trinajstić information content (AvgIpc) is 3.05. The summed E-state index contributed by atoms with van der Waals surface area (Å²) in [6, 6.07) is 16.2. The Morgan fingerprint density at radius 1 is 1.28 bits per heavy atom. The van der Waals surface area contributed by atoms with Crippen molar-refractivity contribution in [1.82, 2.24) is 5.32 Å². The number of amides is 2. The second-order valence-electron chi connectivity index (χ2n) is 6.15. The van der Waals surface area contributed by atoms with Crippen molar-refractivity contribution in [3.05, 3.63) is 69.7 Å². The van der Waals surface area contributed by atoms with Crippen LogP contribution in [0.4, 0.5) is 5.69 Å². The molecule has 0 aliphatic carbocycles. The van der Waals surface area contributed by atoms with Crippen molar-refractivity contribution >= 4 is 40.9 Å². The molecule has 29 heavy (non-hydrogen) atoms. The first kappa shape index (κ1) is 20.8. The number of hydrogen-bond acceptors (Lipinski definition) is 5. The van der Waals surface area contributed by atoms with Crippen molar-refractivity contribution in [3.63, 3.8) is 0 Å². The van der Waals surface area contributed by atoms with E-state index in [1.165, 1.54) is 23.7 Å². The van der Waals surface area contributed by atoms with Gasteiger partial charge in [-0.3, -0.25) is 14.5 Å². The molecule has 1 heterocycles. The molecule has 1 atom stereocenters. The minimum absolute atomic E-state index is 0.122. The van der Waals surface area contributed by atoms with Crippen molar-refractivity contribution in [2.24, 2.45) is 0 Å². The molecule has 1 N–H and O–H groups in total. The second-order valence-corrected chi connectivity index (χ2v) is 7.75. The highest BCUT2D eigenvalue weighted by Gasteiger charge is 2.41. The minimum atomic E-state index is -0.551. The molecule has 148 valence electrons. The smallest absolute Gasteiger partial charge is 0.264 e. The third kappa shape index (κ3) is 4.24. The van der Waals surface area contributed by atoms with Crippen LogP contribution in [0.15, 0.2) is 59.1 Å². The lowest BCUT2D eigenvalue weighted by molar-refractivity contribution is -0.117. The van der Waals surface area contributed by atoms with Gasteiger partial charge in [-0.25, -0.2) is 0 Å². The van der Waals surface area contributed by atoms with Crippen molar-refractivity contribution < 1.29 is 14.3 Å². The molecule has 8 heteroatoms. The fraction of sp³-hybridized carbons (Fsp3) is 0.190. The van der Waals surface area contributed by atoms with Crippen LogP contribution >= 0.6 is 23.4 Å². The molecule has 0 unspecified atom stereocenters. The highest BCUT2D eigenvalue weighted by atomic mass is 35.5. The zero-order valence-electron chi connectivity index (χ0n) is 15.8. The predicted octanol–water partition coefficient (Wildman–Crippen LogP) is 3.52. The van der Waals surface area contributed by atoms with Gasteiger partial charge in [0.2, 0.25) is 5.91 Å². The fourth-order valence-electron chi connectivity index (χ4n) is 2.94. The Labute approximate surface area is 178 Å². The van der Waals surface area contributed by atoms with Crippen LogP contribution in [-0.4, -0.2) is 31.2 Å². The number of anilines is 1. The maximum atomic E-state index is 13.3. The van der Waals surface area contributed by atoms with Crippen LogP contribution in [0.25, 0.3) is 0 Å². The fourth-order valence-corrected chi connectivity index (χ4v) is 4.46. The van der Waals surface area contributed by atoms with E-state index >= 15 is 0 Å². The summed E-state index contributed by atoms with van der Waals surface area (Å²) < 4.78 is 5.17. The topological polar surface area (TPSA) is 82.4 Å². The maximum Gasteiger partial charge on any atom is 0.264 e. The number of benzene rings is 2. The van der Waals surface area contributed by atoms with Crippen LogP contribution in [0.1, 0.15) is 5.56 Å².